The lowest BCUT2D eigenvalue weighted by Crippen LogP contribution is -2.45. The summed E-state index contributed by atoms with van der Waals surface area (Å²) in [5.74, 6) is 0.702. The SMILES string of the molecule is CCNC(=NCCNS(=O)(=O)c1cccnc1)NC1CCN(c2ccccc2)C1.I. The Labute approximate surface area is 195 Å². The molecule has 1 unspecified atom stereocenters. The average molecular weight is 544 g/mol. The summed E-state index contributed by atoms with van der Waals surface area (Å²) in [7, 11) is -3.56. The molecule has 1 fully saturated rings. The number of aliphatic imine (C=N–C) groups is 1. The Balaban J connectivity index is 0.00000320. The minimum atomic E-state index is -3.56. The standard InChI is InChI=1S/C20H28N6O2S.HI/c1-2-22-20(23-12-13-24-29(27,28)19-9-6-11-21-15-19)25-17-10-14-26(16-17)18-7-4-3-5-8-18;/h3-9,11,15,17,24H,2,10,12-14,16H2,1H3,(H2,22,23,25);1H. The van der Waals surface area contributed by atoms with Gasteiger partial charge in [-0.3, -0.25) is 9.98 Å². The van der Waals surface area contributed by atoms with E-state index in [4.69, 9.17) is 0 Å². The van der Waals surface area contributed by atoms with Gasteiger partial charge in [0.1, 0.15) is 4.90 Å². The molecule has 0 amide bonds. The second-order valence-corrected chi connectivity index (χ2v) is 8.53. The summed E-state index contributed by atoms with van der Waals surface area (Å²) < 4.78 is 27.0. The van der Waals surface area contributed by atoms with Crippen LogP contribution in [0.5, 0.6) is 0 Å². The summed E-state index contributed by atoms with van der Waals surface area (Å²) in [6, 6.07) is 13.8. The second-order valence-electron chi connectivity index (χ2n) is 6.76. The van der Waals surface area contributed by atoms with E-state index in [1.54, 1.807) is 12.3 Å². The Morgan fingerprint density at radius 1 is 1.23 bits per heavy atom. The number of rotatable bonds is 8. The number of nitrogens with zero attached hydrogens (tertiary/aromatic N) is 3. The highest BCUT2D eigenvalue weighted by molar-refractivity contribution is 14.0. The Morgan fingerprint density at radius 2 is 2.03 bits per heavy atom. The van der Waals surface area contributed by atoms with Crippen molar-refractivity contribution in [2.24, 2.45) is 4.99 Å². The van der Waals surface area contributed by atoms with Crippen molar-refractivity contribution in [1.29, 1.82) is 0 Å². The monoisotopic (exact) mass is 544 g/mol. The fourth-order valence-electron chi connectivity index (χ4n) is 3.20. The molecule has 8 nitrogen and oxygen atoms in total. The van der Waals surface area contributed by atoms with Crippen molar-refractivity contribution in [1.82, 2.24) is 20.3 Å². The Bertz CT molecular complexity index is 896. The van der Waals surface area contributed by atoms with Crippen LogP contribution in [0.4, 0.5) is 5.69 Å². The van der Waals surface area contributed by atoms with Gasteiger partial charge in [-0.1, -0.05) is 18.2 Å². The molecular weight excluding hydrogens is 515 g/mol. The number of anilines is 1. The van der Waals surface area contributed by atoms with E-state index < -0.39 is 10.0 Å². The Kier molecular flexibility index (Phi) is 9.79. The maximum Gasteiger partial charge on any atom is 0.242 e. The molecule has 0 spiro atoms. The van der Waals surface area contributed by atoms with E-state index in [2.05, 4.69) is 42.4 Å². The van der Waals surface area contributed by atoms with Gasteiger partial charge in [0, 0.05) is 50.3 Å². The normalized spacial score (nSPS) is 16.8. The van der Waals surface area contributed by atoms with Crippen molar-refractivity contribution < 1.29 is 8.42 Å². The zero-order chi connectivity index (χ0) is 20.5. The van der Waals surface area contributed by atoms with E-state index in [9.17, 15) is 8.42 Å². The number of hydrogen-bond donors (Lipinski definition) is 3. The molecule has 0 bridgehead atoms. The van der Waals surface area contributed by atoms with E-state index in [1.807, 2.05) is 25.1 Å². The van der Waals surface area contributed by atoms with E-state index >= 15 is 0 Å². The van der Waals surface area contributed by atoms with Crippen molar-refractivity contribution >= 4 is 45.6 Å². The molecule has 1 aromatic carbocycles. The summed E-state index contributed by atoms with van der Waals surface area (Å²) in [4.78, 5) is 10.9. The van der Waals surface area contributed by atoms with Gasteiger partial charge in [-0.25, -0.2) is 13.1 Å². The summed E-state index contributed by atoms with van der Waals surface area (Å²) >= 11 is 0. The van der Waals surface area contributed by atoms with Gasteiger partial charge >= 0.3 is 0 Å². The summed E-state index contributed by atoms with van der Waals surface area (Å²) in [6.45, 7) is 5.20. The minimum absolute atomic E-state index is 0. The van der Waals surface area contributed by atoms with Crippen LogP contribution in [-0.4, -0.2) is 58.1 Å². The van der Waals surface area contributed by atoms with Crippen molar-refractivity contribution in [2.75, 3.05) is 37.6 Å². The molecule has 1 aliphatic rings. The fourth-order valence-corrected chi connectivity index (χ4v) is 4.19. The molecule has 0 aliphatic carbocycles. The summed E-state index contributed by atoms with van der Waals surface area (Å²) in [5, 5.41) is 6.68. The van der Waals surface area contributed by atoms with Crippen LogP contribution in [0.15, 0.2) is 64.7 Å². The third-order valence-corrected chi connectivity index (χ3v) is 6.06. The Hall–Kier alpha value is -1.92. The second kappa shape index (κ2) is 12.1. The molecule has 3 rings (SSSR count). The predicted octanol–water partition coefficient (Wildman–Crippen LogP) is 1.81. The maximum atomic E-state index is 12.2. The fraction of sp³-hybridized carbons (Fsp3) is 0.400. The number of benzene rings is 1. The minimum Gasteiger partial charge on any atom is -0.369 e. The lowest BCUT2D eigenvalue weighted by Gasteiger charge is -2.20. The van der Waals surface area contributed by atoms with Crippen LogP contribution in [0.2, 0.25) is 0 Å². The van der Waals surface area contributed by atoms with E-state index in [1.165, 1.54) is 18.0 Å². The molecule has 1 aromatic heterocycles. The number of para-hydroxylation sites is 1. The highest BCUT2D eigenvalue weighted by Gasteiger charge is 2.23. The van der Waals surface area contributed by atoms with Gasteiger partial charge in [0.2, 0.25) is 10.0 Å². The van der Waals surface area contributed by atoms with Gasteiger partial charge in [-0.05, 0) is 37.6 Å². The first-order valence-electron chi connectivity index (χ1n) is 9.83. The van der Waals surface area contributed by atoms with Crippen LogP contribution in [-0.2, 0) is 10.0 Å². The zero-order valence-electron chi connectivity index (χ0n) is 17.0. The van der Waals surface area contributed by atoms with Gasteiger partial charge in [0.25, 0.3) is 0 Å². The third kappa shape index (κ3) is 7.10. The highest BCUT2D eigenvalue weighted by atomic mass is 127. The lowest BCUT2D eigenvalue weighted by atomic mass is 10.3. The number of guanidine groups is 1. The molecule has 2 aromatic rings. The first kappa shape index (κ1) is 24.4. The summed E-state index contributed by atoms with van der Waals surface area (Å²) in [5.41, 5.74) is 1.23. The number of nitrogens with one attached hydrogen (secondary N) is 3. The largest absolute Gasteiger partial charge is 0.369 e. The van der Waals surface area contributed by atoms with E-state index in [0.29, 0.717) is 18.5 Å². The number of hydrogen-bond acceptors (Lipinski definition) is 5. The number of halogens is 1. The van der Waals surface area contributed by atoms with Crippen LogP contribution in [0.25, 0.3) is 0 Å². The quantitative estimate of drug-likeness (QED) is 0.203. The molecule has 164 valence electrons. The van der Waals surface area contributed by atoms with Crippen molar-refractivity contribution in [3.8, 4) is 0 Å². The molecule has 0 saturated carbocycles. The number of pyridine rings is 1. The third-order valence-electron chi connectivity index (χ3n) is 4.61. The van der Waals surface area contributed by atoms with Crippen LogP contribution in [0.1, 0.15) is 13.3 Å². The van der Waals surface area contributed by atoms with Crippen molar-refractivity contribution in [2.45, 2.75) is 24.3 Å². The molecule has 3 N–H and O–H groups in total. The molecule has 0 radical (unpaired) electrons. The molecule has 30 heavy (non-hydrogen) atoms. The van der Waals surface area contributed by atoms with E-state index in [-0.39, 0.29) is 35.4 Å². The lowest BCUT2D eigenvalue weighted by molar-refractivity contribution is 0.581. The average Bonchev–Trinajstić information content (AvgIpc) is 3.21. The van der Waals surface area contributed by atoms with Gasteiger partial charge < -0.3 is 15.5 Å². The summed E-state index contributed by atoms with van der Waals surface area (Å²) in [6.07, 6.45) is 3.89. The van der Waals surface area contributed by atoms with Crippen LogP contribution < -0.4 is 20.3 Å². The maximum absolute atomic E-state index is 12.2. The topological polar surface area (TPSA) is 98.7 Å². The molecule has 10 heteroatoms. The zero-order valence-corrected chi connectivity index (χ0v) is 20.1. The first-order chi connectivity index (χ1) is 14.1. The first-order valence-corrected chi connectivity index (χ1v) is 11.3. The van der Waals surface area contributed by atoms with Gasteiger partial charge in [-0.2, -0.15) is 0 Å². The Morgan fingerprint density at radius 3 is 2.73 bits per heavy atom. The highest BCUT2D eigenvalue weighted by Crippen LogP contribution is 2.19. The van der Waals surface area contributed by atoms with Gasteiger partial charge in [-0.15, -0.1) is 24.0 Å². The molecular formula is C20H29IN6O2S. The van der Waals surface area contributed by atoms with E-state index in [0.717, 1.165) is 26.1 Å². The van der Waals surface area contributed by atoms with Crippen LogP contribution in [0.3, 0.4) is 0 Å². The van der Waals surface area contributed by atoms with Crippen molar-refractivity contribution in [3.05, 3.63) is 54.9 Å². The number of sulfonamides is 1. The molecule has 1 aliphatic heterocycles. The predicted molar refractivity (Wildman–Crippen MR) is 131 cm³/mol. The number of aromatic nitrogens is 1. The van der Waals surface area contributed by atoms with Crippen molar-refractivity contribution in [3.63, 3.8) is 0 Å². The molecule has 2 heterocycles. The molecule has 1 saturated heterocycles. The molecule has 1 atom stereocenters. The van der Waals surface area contributed by atoms with Gasteiger partial charge in [0.15, 0.2) is 5.96 Å². The van der Waals surface area contributed by atoms with Crippen LogP contribution in [0, 0.1) is 0 Å². The van der Waals surface area contributed by atoms with Gasteiger partial charge in [0.05, 0.1) is 6.54 Å². The smallest absolute Gasteiger partial charge is 0.242 e. The van der Waals surface area contributed by atoms with Crippen LogP contribution >= 0.6 is 24.0 Å².